The second-order valence-electron chi connectivity index (χ2n) is 5.44. The Bertz CT molecular complexity index is 738. The molecule has 116 valence electrons. The van der Waals surface area contributed by atoms with Crippen molar-refractivity contribution < 1.29 is 4.79 Å². The number of urea groups is 1. The molecule has 1 N–H and O–H groups in total. The first kappa shape index (κ1) is 14.8. The number of aryl methyl sites for hydroxylation is 1. The van der Waals surface area contributed by atoms with E-state index in [1.54, 1.807) is 23.3 Å². The van der Waals surface area contributed by atoms with Crippen molar-refractivity contribution in [3.8, 4) is 0 Å². The molecule has 1 atom stereocenters. The monoisotopic (exact) mass is 318 g/mol. The summed E-state index contributed by atoms with van der Waals surface area (Å²) in [6, 6.07) is 3.84. The topological polar surface area (TPSA) is 67.2 Å². The molecule has 2 aromatic heterocycles. The molecule has 0 saturated heterocycles. The molecule has 0 radical (unpaired) electrons. The van der Waals surface area contributed by atoms with Crippen molar-refractivity contribution in [3.05, 3.63) is 50.3 Å². The quantitative estimate of drug-likeness (QED) is 0.916. The molecule has 0 spiro atoms. The van der Waals surface area contributed by atoms with E-state index in [-0.39, 0.29) is 17.6 Å². The third kappa shape index (κ3) is 2.76. The van der Waals surface area contributed by atoms with Crippen LogP contribution in [0.3, 0.4) is 0 Å². The highest BCUT2D eigenvalue weighted by Crippen LogP contribution is 2.19. The van der Waals surface area contributed by atoms with Crippen LogP contribution in [0.4, 0.5) is 4.79 Å². The number of hydrogen-bond donors (Lipinski definition) is 1. The summed E-state index contributed by atoms with van der Waals surface area (Å²) in [5.74, 6) is 0. The summed E-state index contributed by atoms with van der Waals surface area (Å²) in [5, 5.41) is 4.99. The van der Waals surface area contributed by atoms with Crippen LogP contribution in [-0.2, 0) is 20.0 Å². The van der Waals surface area contributed by atoms with Crippen molar-refractivity contribution in [1.82, 2.24) is 19.8 Å². The van der Waals surface area contributed by atoms with Gasteiger partial charge in [-0.2, -0.15) is 0 Å². The summed E-state index contributed by atoms with van der Waals surface area (Å²) in [5.41, 5.74) is 1.41. The molecule has 0 bridgehead atoms. The van der Waals surface area contributed by atoms with Crippen LogP contribution in [-0.4, -0.2) is 27.0 Å². The Kier molecular flexibility index (Phi) is 3.98. The smallest absolute Gasteiger partial charge is 0.318 e. The summed E-state index contributed by atoms with van der Waals surface area (Å²) in [6.45, 7) is 2.89. The lowest BCUT2D eigenvalue weighted by Crippen LogP contribution is -2.45. The van der Waals surface area contributed by atoms with Crippen molar-refractivity contribution in [2.45, 2.75) is 25.9 Å². The summed E-state index contributed by atoms with van der Waals surface area (Å²) in [6.07, 6.45) is 2.06. The number of fused-ring (bicyclic) bond motifs is 1. The number of aromatic nitrogens is 2. The molecule has 1 unspecified atom stereocenters. The number of rotatable bonds is 2. The van der Waals surface area contributed by atoms with Gasteiger partial charge in [-0.1, -0.05) is 6.07 Å². The van der Waals surface area contributed by atoms with E-state index in [0.717, 1.165) is 10.4 Å². The van der Waals surface area contributed by atoms with E-state index < -0.39 is 0 Å². The Labute approximate surface area is 132 Å². The maximum Gasteiger partial charge on any atom is 0.318 e. The lowest BCUT2D eigenvalue weighted by atomic mass is 10.1. The van der Waals surface area contributed by atoms with Gasteiger partial charge < -0.3 is 14.8 Å². The molecule has 3 rings (SSSR count). The van der Waals surface area contributed by atoms with Gasteiger partial charge >= 0.3 is 6.03 Å². The molecule has 0 aromatic carbocycles. The predicted molar refractivity (Wildman–Crippen MR) is 84.9 cm³/mol. The van der Waals surface area contributed by atoms with Crippen LogP contribution in [0.1, 0.15) is 29.1 Å². The molecule has 6 nitrogen and oxygen atoms in total. The van der Waals surface area contributed by atoms with Gasteiger partial charge in [0.1, 0.15) is 0 Å². The molecule has 2 amide bonds. The number of carbonyl (C=O) groups is 1. The molecule has 0 aliphatic carbocycles. The van der Waals surface area contributed by atoms with E-state index in [9.17, 15) is 9.59 Å². The first-order valence-corrected chi connectivity index (χ1v) is 8.06. The van der Waals surface area contributed by atoms with E-state index in [1.165, 1.54) is 10.9 Å². The second-order valence-corrected chi connectivity index (χ2v) is 6.42. The largest absolute Gasteiger partial charge is 0.331 e. The number of nitrogens with one attached hydrogen (secondary N) is 1. The molecule has 3 heterocycles. The van der Waals surface area contributed by atoms with Crippen molar-refractivity contribution in [2.75, 3.05) is 6.54 Å². The highest BCUT2D eigenvalue weighted by atomic mass is 32.1. The van der Waals surface area contributed by atoms with Crippen LogP contribution in [0.25, 0.3) is 0 Å². The molecule has 7 heteroatoms. The predicted octanol–water partition coefficient (Wildman–Crippen LogP) is 1.67. The Morgan fingerprint density at radius 3 is 3.05 bits per heavy atom. The van der Waals surface area contributed by atoms with Gasteiger partial charge in [0.25, 0.3) is 5.56 Å². The van der Waals surface area contributed by atoms with Crippen LogP contribution in [0.2, 0.25) is 0 Å². The van der Waals surface area contributed by atoms with Gasteiger partial charge in [-0.05, 0) is 24.8 Å². The summed E-state index contributed by atoms with van der Waals surface area (Å²) in [7, 11) is 1.69. The number of carbonyl (C=O) groups excluding carboxylic acids is 1. The molecular formula is C15H18N4O2S. The van der Waals surface area contributed by atoms with E-state index in [0.29, 0.717) is 25.2 Å². The summed E-state index contributed by atoms with van der Waals surface area (Å²) < 4.78 is 1.48. The van der Waals surface area contributed by atoms with E-state index >= 15 is 0 Å². The number of thiophene rings is 1. The zero-order valence-electron chi connectivity index (χ0n) is 12.6. The second kappa shape index (κ2) is 5.92. The molecule has 1 aliphatic heterocycles. The van der Waals surface area contributed by atoms with E-state index in [1.807, 2.05) is 24.4 Å². The number of amides is 2. The lowest BCUT2D eigenvalue weighted by molar-refractivity contribution is 0.188. The van der Waals surface area contributed by atoms with Gasteiger partial charge in [0.15, 0.2) is 0 Å². The Morgan fingerprint density at radius 2 is 2.32 bits per heavy atom. The fraction of sp³-hybridized carbons (Fsp3) is 0.400. The zero-order chi connectivity index (χ0) is 15.7. The molecule has 0 saturated carbocycles. The molecule has 0 fully saturated rings. The van der Waals surface area contributed by atoms with Crippen molar-refractivity contribution in [3.63, 3.8) is 0 Å². The minimum atomic E-state index is -0.117. The summed E-state index contributed by atoms with van der Waals surface area (Å²) >= 11 is 1.62. The van der Waals surface area contributed by atoms with Crippen molar-refractivity contribution >= 4 is 17.4 Å². The number of nitrogens with zero attached hydrogens (tertiary/aromatic N) is 3. The highest BCUT2D eigenvalue weighted by Gasteiger charge is 2.25. The van der Waals surface area contributed by atoms with Gasteiger partial charge in [-0.3, -0.25) is 4.79 Å². The minimum absolute atomic E-state index is 0.0167. The first-order chi connectivity index (χ1) is 10.6. The number of hydrogen-bond acceptors (Lipinski definition) is 4. The molecule has 2 aromatic rings. The molecule has 1 aliphatic rings. The van der Waals surface area contributed by atoms with Crippen LogP contribution in [0.15, 0.2) is 28.6 Å². The zero-order valence-corrected chi connectivity index (χ0v) is 13.4. The standard InChI is InChI=1S/C15H18N4O2S/c1-10(13-4-3-7-22-13)17-15(21)19-6-5-11-12(8-19)16-9-18(2)14(11)20/h3-4,7,9-10H,5-6,8H2,1-2H3,(H,17,21). The lowest BCUT2D eigenvalue weighted by Gasteiger charge is -2.29. The molecule has 22 heavy (non-hydrogen) atoms. The van der Waals surface area contributed by atoms with Crippen molar-refractivity contribution in [2.24, 2.45) is 7.05 Å². The van der Waals surface area contributed by atoms with Crippen LogP contribution in [0, 0.1) is 0 Å². The maximum absolute atomic E-state index is 12.4. The Morgan fingerprint density at radius 1 is 1.50 bits per heavy atom. The van der Waals surface area contributed by atoms with E-state index in [4.69, 9.17) is 0 Å². The summed E-state index contributed by atoms with van der Waals surface area (Å²) in [4.78, 5) is 31.5. The van der Waals surface area contributed by atoms with Crippen LogP contribution >= 0.6 is 11.3 Å². The van der Waals surface area contributed by atoms with E-state index in [2.05, 4.69) is 10.3 Å². The third-order valence-corrected chi connectivity index (χ3v) is 4.94. The van der Waals surface area contributed by atoms with Gasteiger partial charge in [-0.25, -0.2) is 9.78 Å². The average molecular weight is 318 g/mol. The fourth-order valence-electron chi connectivity index (χ4n) is 2.58. The fourth-order valence-corrected chi connectivity index (χ4v) is 3.31. The maximum atomic E-state index is 12.4. The minimum Gasteiger partial charge on any atom is -0.331 e. The third-order valence-electron chi connectivity index (χ3n) is 3.88. The van der Waals surface area contributed by atoms with Crippen LogP contribution < -0.4 is 10.9 Å². The van der Waals surface area contributed by atoms with Crippen LogP contribution in [0.5, 0.6) is 0 Å². The van der Waals surface area contributed by atoms with Crippen molar-refractivity contribution in [1.29, 1.82) is 0 Å². The van der Waals surface area contributed by atoms with Gasteiger partial charge in [0, 0.05) is 24.0 Å². The van der Waals surface area contributed by atoms with Gasteiger partial charge in [-0.15, -0.1) is 11.3 Å². The Balaban J connectivity index is 1.70. The SMILES string of the molecule is CC(NC(=O)N1CCc2c(ncn(C)c2=O)C1)c1cccs1. The Hall–Kier alpha value is -2.15. The van der Waals surface area contributed by atoms with Gasteiger partial charge in [0.05, 0.1) is 24.6 Å². The van der Waals surface area contributed by atoms with Gasteiger partial charge in [0.2, 0.25) is 0 Å². The first-order valence-electron chi connectivity index (χ1n) is 7.18. The normalized spacial score (nSPS) is 15.3. The average Bonchev–Trinajstić information content (AvgIpc) is 3.05. The highest BCUT2D eigenvalue weighted by molar-refractivity contribution is 7.10. The molecular weight excluding hydrogens is 300 g/mol.